The number of aromatic nitrogens is 2. The highest BCUT2D eigenvalue weighted by atomic mass is 79.9. The van der Waals surface area contributed by atoms with E-state index in [2.05, 4.69) is 0 Å². The van der Waals surface area contributed by atoms with Gasteiger partial charge in [0, 0.05) is 6.07 Å². The molecule has 56 valence electrons. The standard InChI is InChI=1S/C6H9N2O.BrH/c9-6-4-7-2-1-3-8(7)5-6;/h1-3,6,9H,4-5H2;1H/q+1;/p-1. The quantitative estimate of drug-likeness (QED) is 0.432. The molecule has 1 aromatic rings. The molecular formula is C6H9BrN2O. The van der Waals surface area contributed by atoms with Crippen LogP contribution in [0.1, 0.15) is 0 Å². The third-order valence-electron chi connectivity index (χ3n) is 1.64. The van der Waals surface area contributed by atoms with Crippen molar-refractivity contribution in [1.29, 1.82) is 0 Å². The fourth-order valence-corrected chi connectivity index (χ4v) is 1.23. The number of nitrogens with zero attached hydrogens (tertiary/aromatic N) is 2. The lowest BCUT2D eigenvalue weighted by molar-refractivity contribution is -0.760. The first kappa shape index (κ1) is 7.75. The van der Waals surface area contributed by atoms with Crippen molar-refractivity contribution >= 4 is 0 Å². The van der Waals surface area contributed by atoms with E-state index in [0.717, 1.165) is 13.1 Å². The summed E-state index contributed by atoms with van der Waals surface area (Å²) in [6.07, 6.45) is 3.76. The van der Waals surface area contributed by atoms with E-state index in [1.54, 1.807) is 0 Å². The zero-order valence-corrected chi connectivity index (χ0v) is 7.03. The van der Waals surface area contributed by atoms with E-state index in [0.29, 0.717) is 0 Å². The number of hydrogen-bond acceptors (Lipinski definition) is 1. The van der Waals surface area contributed by atoms with E-state index < -0.39 is 0 Å². The Bertz CT molecular complexity index is 203. The molecule has 4 heteroatoms. The Morgan fingerprint density at radius 3 is 3.10 bits per heavy atom. The Labute approximate surface area is 69.6 Å². The molecule has 3 nitrogen and oxygen atoms in total. The monoisotopic (exact) mass is 204 g/mol. The number of aliphatic hydroxyl groups is 1. The maximum absolute atomic E-state index is 9.10. The molecule has 1 aromatic heterocycles. The van der Waals surface area contributed by atoms with Crippen LogP contribution in [0.25, 0.3) is 0 Å². The van der Waals surface area contributed by atoms with Crippen LogP contribution in [0.15, 0.2) is 18.5 Å². The third-order valence-corrected chi connectivity index (χ3v) is 1.64. The molecule has 10 heavy (non-hydrogen) atoms. The van der Waals surface area contributed by atoms with Gasteiger partial charge in [-0.1, -0.05) is 0 Å². The second kappa shape index (κ2) is 2.72. The Balaban J connectivity index is 0.000000500. The largest absolute Gasteiger partial charge is 1.00 e. The van der Waals surface area contributed by atoms with E-state index in [-0.39, 0.29) is 23.1 Å². The van der Waals surface area contributed by atoms with Crippen LogP contribution >= 0.6 is 0 Å². The van der Waals surface area contributed by atoms with Crippen molar-refractivity contribution in [2.75, 3.05) is 0 Å². The van der Waals surface area contributed by atoms with E-state index in [4.69, 9.17) is 5.11 Å². The molecule has 0 bridgehead atoms. The molecule has 0 spiro atoms. The predicted molar refractivity (Wildman–Crippen MR) is 30.6 cm³/mol. The van der Waals surface area contributed by atoms with Crippen molar-refractivity contribution in [3.05, 3.63) is 18.5 Å². The molecule has 1 N–H and O–H groups in total. The van der Waals surface area contributed by atoms with Crippen LogP contribution in [-0.4, -0.2) is 15.9 Å². The Morgan fingerprint density at radius 2 is 2.40 bits per heavy atom. The Kier molecular flexibility index (Phi) is 2.11. The molecule has 2 heterocycles. The lowest BCUT2D eigenvalue weighted by Gasteiger charge is -1.86. The highest BCUT2D eigenvalue weighted by Crippen LogP contribution is 1.97. The van der Waals surface area contributed by atoms with Gasteiger partial charge in [-0.15, -0.1) is 4.68 Å². The SMILES string of the molecule is OC1Cn2ccc[n+]2C1.[Br-]. The van der Waals surface area contributed by atoms with Crippen molar-refractivity contribution in [3.63, 3.8) is 0 Å². The minimum atomic E-state index is -0.175. The zero-order valence-electron chi connectivity index (χ0n) is 5.44. The number of rotatable bonds is 0. The molecule has 1 aliphatic heterocycles. The fraction of sp³-hybridized carbons (Fsp3) is 0.500. The molecule has 0 saturated carbocycles. The first-order valence-electron chi connectivity index (χ1n) is 3.09. The van der Waals surface area contributed by atoms with Crippen molar-refractivity contribution in [2.45, 2.75) is 19.2 Å². The molecular weight excluding hydrogens is 196 g/mol. The van der Waals surface area contributed by atoms with Crippen molar-refractivity contribution in [2.24, 2.45) is 0 Å². The van der Waals surface area contributed by atoms with Crippen molar-refractivity contribution in [3.8, 4) is 0 Å². The van der Waals surface area contributed by atoms with Crippen molar-refractivity contribution in [1.82, 2.24) is 4.68 Å². The minimum absolute atomic E-state index is 0. The van der Waals surface area contributed by atoms with Gasteiger partial charge < -0.3 is 22.1 Å². The van der Waals surface area contributed by atoms with Crippen LogP contribution in [0, 0.1) is 0 Å². The van der Waals surface area contributed by atoms with Gasteiger partial charge in [-0.05, 0) is 0 Å². The van der Waals surface area contributed by atoms with Gasteiger partial charge in [0.1, 0.15) is 12.6 Å². The molecule has 0 unspecified atom stereocenters. The van der Waals surface area contributed by atoms with Crippen LogP contribution in [0.4, 0.5) is 0 Å². The summed E-state index contributed by atoms with van der Waals surface area (Å²) in [4.78, 5) is 0. The van der Waals surface area contributed by atoms with Crippen LogP contribution in [-0.2, 0) is 13.1 Å². The average molecular weight is 205 g/mol. The van der Waals surface area contributed by atoms with Gasteiger partial charge in [0.25, 0.3) is 0 Å². The predicted octanol–water partition coefficient (Wildman–Crippen LogP) is -3.85. The van der Waals surface area contributed by atoms with Crippen LogP contribution in [0.5, 0.6) is 0 Å². The second-order valence-corrected chi connectivity index (χ2v) is 2.39. The topological polar surface area (TPSA) is 29.0 Å². The molecule has 0 aliphatic carbocycles. The number of aliphatic hydroxyl groups excluding tert-OH is 1. The number of halogens is 1. The molecule has 0 fully saturated rings. The lowest BCUT2D eigenvalue weighted by Crippen LogP contribution is -3.00. The first-order chi connectivity index (χ1) is 4.36. The zero-order chi connectivity index (χ0) is 6.27. The van der Waals surface area contributed by atoms with Gasteiger partial charge >= 0.3 is 0 Å². The molecule has 0 atom stereocenters. The van der Waals surface area contributed by atoms with Gasteiger partial charge in [0.05, 0.1) is 6.20 Å². The Hall–Kier alpha value is -0.350. The molecule has 0 aromatic carbocycles. The maximum atomic E-state index is 9.10. The lowest BCUT2D eigenvalue weighted by atomic mass is 10.4. The highest BCUT2D eigenvalue weighted by molar-refractivity contribution is 4.74. The Morgan fingerprint density at radius 1 is 1.60 bits per heavy atom. The maximum Gasteiger partial charge on any atom is 0.199 e. The molecule has 1 aliphatic rings. The number of hydrogen-bond donors (Lipinski definition) is 1. The highest BCUT2D eigenvalue weighted by Gasteiger charge is 2.24. The summed E-state index contributed by atoms with van der Waals surface area (Å²) in [6.45, 7) is 1.49. The summed E-state index contributed by atoms with van der Waals surface area (Å²) in [6, 6.07) is 1.98. The van der Waals surface area contributed by atoms with Gasteiger partial charge in [-0.25, -0.2) is 0 Å². The molecule has 0 saturated heterocycles. The second-order valence-electron chi connectivity index (χ2n) is 2.39. The van der Waals surface area contributed by atoms with E-state index in [1.807, 2.05) is 27.8 Å². The van der Waals surface area contributed by atoms with Crippen LogP contribution in [0.2, 0.25) is 0 Å². The van der Waals surface area contributed by atoms with Gasteiger partial charge in [-0.3, -0.25) is 0 Å². The van der Waals surface area contributed by atoms with E-state index in [9.17, 15) is 0 Å². The van der Waals surface area contributed by atoms with Crippen LogP contribution < -0.4 is 21.7 Å². The van der Waals surface area contributed by atoms with E-state index >= 15 is 0 Å². The molecule has 0 amide bonds. The van der Waals surface area contributed by atoms with Crippen molar-refractivity contribution < 1.29 is 26.8 Å². The van der Waals surface area contributed by atoms with Crippen LogP contribution in [0.3, 0.4) is 0 Å². The minimum Gasteiger partial charge on any atom is -1.00 e. The van der Waals surface area contributed by atoms with Gasteiger partial charge in [0.15, 0.2) is 12.7 Å². The average Bonchev–Trinajstić information content (AvgIpc) is 2.22. The summed E-state index contributed by atoms with van der Waals surface area (Å²) in [7, 11) is 0. The number of fused-ring (bicyclic) bond motifs is 1. The van der Waals surface area contributed by atoms with E-state index in [1.165, 1.54) is 0 Å². The summed E-state index contributed by atoms with van der Waals surface area (Å²) in [5, 5.41) is 9.10. The normalized spacial score (nSPS) is 21.9. The summed E-state index contributed by atoms with van der Waals surface area (Å²) in [5.74, 6) is 0. The van der Waals surface area contributed by atoms with Gasteiger partial charge in [0.2, 0.25) is 0 Å². The first-order valence-corrected chi connectivity index (χ1v) is 3.09. The smallest absolute Gasteiger partial charge is 0.199 e. The third kappa shape index (κ3) is 1.09. The molecule has 2 rings (SSSR count). The summed E-state index contributed by atoms with van der Waals surface area (Å²) >= 11 is 0. The fourth-order valence-electron chi connectivity index (χ4n) is 1.23. The summed E-state index contributed by atoms with van der Waals surface area (Å²) < 4.78 is 4.01. The summed E-state index contributed by atoms with van der Waals surface area (Å²) in [5.41, 5.74) is 0. The molecule has 0 radical (unpaired) electrons. The van der Waals surface area contributed by atoms with Gasteiger partial charge in [-0.2, -0.15) is 4.68 Å².